The van der Waals surface area contributed by atoms with Gasteiger partial charge in [0, 0.05) is 16.7 Å². The summed E-state index contributed by atoms with van der Waals surface area (Å²) in [5.41, 5.74) is -0.725. The van der Waals surface area contributed by atoms with Gasteiger partial charge in [0.2, 0.25) is 5.82 Å². The summed E-state index contributed by atoms with van der Waals surface area (Å²) < 4.78 is 75.9. The molecule has 0 unspecified atom stereocenters. The Bertz CT molecular complexity index is 1060. The smallest absolute Gasteiger partial charge is 0.419 e. The number of rotatable bonds is 6. The topological polar surface area (TPSA) is 71.9 Å². The maximum atomic E-state index is 14.0. The quantitative estimate of drug-likeness (QED) is 0.537. The maximum absolute atomic E-state index is 14.0. The number of alkyl halides is 4. The number of benzene rings is 2. The molecule has 0 N–H and O–H groups in total. The second-order valence-electron chi connectivity index (χ2n) is 5.81. The second-order valence-corrected chi connectivity index (χ2v) is 5.81. The molecule has 3 rings (SSSR count). The summed E-state index contributed by atoms with van der Waals surface area (Å²) in [7, 11) is 0. The minimum absolute atomic E-state index is 0.0336. The van der Waals surface area contributed by atoms with Crippen LogP contribution in [0.4, 0.5) is 22.0 Å². The van der Waals surface area contributed by atoms with Crippen LogP contribution in [0.2, 0.25) is 0 Å². The average molecular weight is 409 g/mol. The van der Waals surface area contributed by atoms with E-state index in [1.165, 1.54) is 18.2 Å². The highest BCUT2D eigenvalue weighted by Gasteiger charge is 2.35. The van der Waals surface area contributed by atoms with Gasteiger partial charge in [0.1, 0.15) is 24.8 Å². The number of aromatic nitrogens is 2. The summed E-state index contributed by atoms with van der Waals surface area (Å²) in [5, 5.41) is 12.3. The molecule has 1 aromatic heterocycles. The molecule has 0 saturated heterocycles. The predicted octanol–water partition coefficient (Wildman–Crippen LogP) is 4.98. The summed E-state index contributed by atoms with van der Waals surface area (Å²) >= 11 is 0. The minimum atomic E-state index is -4.75. The summed E-state index contributed by atoms with van der Waals surface area (Å²) in [4.78, 5) is 4.00. The van der Waals surface area contributed by atoms with Crippen LogP contribution >= 0.6 is 0 Å². The van der Waals surface area contributed by atoms with Crippen molar-refractivity contribution in [3.8, 4) is 34.7 Å². The first-order valence-electron chi connectivity index (χ1n) is 8.23. The van der Waals surface area contributed by atoms with Crippen LogP contribution in [0.1, 0.15) is 11.1 Å². The van der Waals surface area contributed by atoms with Crippen molar-refractivity contribution in [2.45, 2.75) is 12.6 Å². The highest BCUT2D eigenvalue weighted by Crippen LogP contribution is 2.38. The Morgan fingerprint density at radius 2 is 1.86 bits per heavy atom. The molecule has 1 heterocycles. The van der Waals surface area contributed by atoms with E-state index in [2.05, 4.69) is 10.1 Å². The zero-order valence-electron chi connectivity index (χ0n) is 14.6. The molecule has 2 aromatic carbocycles. The van der Waals surface area contributed by atoms with Crippen LogP contribution in [-0.2, 0) is 12.6 Å². The molecule has 0 spiro atoms. The van der Waals surface area contributed by atoms with Crippen LogP contribution in [0.15, 0.2) is 40.9 Å². The average Bonchev–Trinajstić information content (AvgIpc) is 3.17. The van der Waals surface area contributed by atoms with E-state index in [1.54, 1.807) is 0 Å². The first kappa shape index (κ1) is 20.3. The SMILES string of the molecule is N#CCc1ccc(-c2noc(-c3ccc(OCCF)c(C(F)(F)F)c3)n2)cc1F. The van der Waals surface area contributed by atoms with Gasteiger partial charge in [-0.1, -0.05) is 17.3 Å². The fourth-order valence-electron chi connectivity index (χ4n) is 2.53. The largest absolute Gasteiger partial charge is 0.490 e. The van der Waals surface area contributed by atoms with E-state index in [0.717, 1.165) is 18.2 Å². The minimum Gasteiger partial charge on any atom is -0.490 e. The third kappa shape index (κ3) is 4.51. The molecule has 0 atom stereocenters. The highest BCUT2D eigenvalue weighted by molar-refractivity contribution is 5.62. The Labute approximate surface area is 161 Å². The molecule has 150 valence electrons. The van der Waals surface area contributed by atoms with Gasteiger partial charge in [0.05, 0.1) is 18.1 Å². The first-order valence-corrected chi connectivity index (χ1v) is 8.23. The molecule has 0 saturated carbocycles. The normalized spacial score (nSPS) is 11.3. The van der Waals surface area contributed by atoms with Gasteiger partial charge in [-0.2, -0.15) is 23.4 Å². The molecule has 0 amide bonds. The summed E-state index contributed by atoms with van der Waals surface area (Å²) in [6.45, 7) is -1.45. The fourth-order valence-corrected chi connectivity index (χ4v) is 2.53. The van der Waals surface area contributed by atoms with Crippen molar-refractivity contribution in [3.63, 3.8) is 0 Å². The van der Waals surface area contributed by atoms with E-state index >= 15 is 0 Å². The zero-order chi connectivity index (χ0) is 21.0. The van der Waals surface area contributed by atoms with Gasteiger partial charge in [0.15, 0.2) is 0 Å². The number of hydrogen-bond acceptors (Lipinski definition) is 5. The molecule has 0 aliphatic rings. The van der Waals surface area contributed by atoms with Gasteiger partial charge in [-0.25, -0.2) is 8.78 Å². The van der Waals surface area contributed by atoms with Crippen molar-refractivity contribution in [1.29, 1.82) is 5.26 Å². The van der Waals surface area contributed by atoms with Crippen molar-refractivity contribution >= 4 is 0 Å². The molecule has 3 aromatic rings. The Morgan fingerprint density at radius 3 is 2.52 bits per heavy atom. The number of ether oxygens (including phenoxy) is 1. The molecular formula is C19H12F5N3O2. The third-order valence-corrected chi connectivity index (χ3v) is 3.87. The zero-order valence-corrected chi connectivity index (χ0v) is 14.6. The molecule has 0 fully saturated rings. The number of hydrogen-bond donors (Lipinski definition) is 0. The Morgan fingerprint density at radius 1 is 1.10 bits per heavy atom. The van der Waals surface area contributed by atoms with Crippen molar-refractivity contribution in [1.82, 2.24) is 10.1 Å². The van der Waals surface area contributed by atoms with E-state index < -0.39 is 36.6 Å². The van der Waals surface area contributed by atoms with Crippen LogP contribution in [0.25, 0.3) is 22.8 Å². The maximum Gasteiger partial charge on any atom is 0.419 e. The van der Waals surface area contributed by atoms with Gasteiger partial charge in [-0.3, -0.25) is 0 Å². The van der Waals surface area contributed by atoms with Crippen LogP contribution in [-0.4, -0.2) is 23.4 Å². The monoisotopic (exact) mass is 409 g/mol. The van der Waals surface area contributed by atoms with E-state index in [1.807, 2.05) is 6.07 Å². The van der Waals surface area contributed by atoms with Gasteiger partial charge >= 0.3 is 6.18 Å². The number of nitrogens with zero attached hydrogens (tertiary/aromatic N) is 3. The number of halogens is 5. The van der Waals surface area contributed by atoms with Gasteiger partial charge in [-0.05, 0) is 24.3 Å². The van der Waals surface area contributed by atoms with Crippen molar-refractivity contribution in [3.05, 3.63) is 53.3 Å². The van der Waals surface area contributed by atoms with E-state index in [4.69, 9.17) is 14.5 Å². The van der Waals surface area contributed by atoms with E-state index in [0.29, 0.717) is 0 Å². The van der Waals surface area contributed by atoms with Gasteiger partial charge in [-0.15, -0.1) is 0 Å². The fraction of sp³-hybridized carbons (Fsp3) is 0.211. The lowest BCUT2D eigenvalue weighted by Gasteiger charge is -2.13. The van der Waals surface area contributed by atoms with Crippen molar-refractivity contribution in [2.75, 3.05) is 13.3 Å². The van der Waals surface area contributed by atoms with E-state index in [9.17, 15) is 22.0 Å². The van der Waals surface area contributed by atoms with E-state index in [-0.39, 0.29) is 34.8 Å². The molecule has 0 bridgehead atoms. The van der Waals surface area contributed by atoms with Crippen molar-refractivity contribution < 1.29 is 31.2 Å². The summed E-state index contributed by atoms with van der Waals surface area (Å²) in [5.74, 6) is -1.41. The molecular weight excluding hydrogens is 397 g/mol. The van der Waals surface area contributed by atoms with Crippen LogP contribution in [0, 0.1) is 17.1 Å². The lowest BCUT2D eigenvalue weighted by atomic mass is 10.1. The molecule has 0 radical (unpaired) electrons. The van der Waals surface area contributed by atoms with Crippen LogP contribution in [0.3, 0.4) is 0 Å². The van der Waals surface area contributed by atoms with Crippen LogP contribution < -0.4 is 4.74 Å². The molecule has 29 heavy (non-hydrogen) atoms. The lowest BCUT2D eigenvalue weighted by Crippen LogP contribution is -2.10. The second kappa shape index (κ2) is 8.26. The Balaban J connectivity index is 1.94. The first-order chi connectivity index (χ1) is 13.8. The molecule has 10 heteroatoms. The summed E-state index contributed by atoms with van der Waals surface area (Å²) in [6, 6.07) is 8.85. The molecule has 0 aliphatic carbocycles. The Hall–Kier alpha value is -3.48. The number of nitriles is 1. The highest BCUT2D eigenvalue weighted by atomic mass is 19.4. The van der Waals surface area contributed by atoms with Crippen LogP contribution in [0.5, 0.6) is 5.75 Å². The van der Waals surface area contributed by atoms with Gasteiger partial charge < -0.3 is 9.26 Å². The summed E-state index contributed by atoms with van der Waals surface area (Å²) in [6.07, 6.45) is -4.86. The molecule has 5 nitrogen and oxygen atoms in total. The van der Waals surface area contributed by atoms with Gasteiger partial charge in [0.25, 0.3) is 5.89 Å². The third-order valence-electron chi connectivity index (χ3n) is 3.87. The Kier molecular flexibility index (Phi) is 5.77. The lowest BCUT2D eigenvalue weighted by molar-refractivity contribution is -0.138. The predicted molar refractivity (Wildman–Crippen MR) is 90.9 cm³/mol. The van der Waals surface area contributed by atoms with Crippen molar-refractivity contribution in [2.24, 2.45) is 0 Å². The standard InChI is InChI=1S/C19H12F5N3O2/c20-6-8-28-16-4-3-13(9-14(16)19(22,23)24)18-26-17(27-29-18)12-2-1-11(5-7-25)15(21)10-12/h1-4,9-10H,5-6,8H2. The molecule has 0 aliphatic heterocycles.